The highest BCUT2D eigenvalue weighted by atomic mass is 32.2. The summed E-state index contributed by atoms with van der Waals surface area (Å²) in [6.07, 6.45) is 2.59. The SMILES string of the molecule is Cc1cc(CSc2ccccc2)ccc1NC(=O)c1ccc(CN2CCCC2)cc1. The van der Waals surface area contributed by atoms with Crippen molar-refractivity contribution in [2.45, 2.75) is 37.0 Å². The third-order valence-electron chi connectivity index (χ3n) is 5.51. The normalized spacial score (nSPS) is 14.0. The monoisotopic (exact) mass is 416 g/mol. The second-order valence-corrected chi connectivity index (χ2v) is 8.93. The highest BCUT2D eigenvalue weighted by Crippen LogP contribution is 2.25. The predicted molar refractivity (Wildman–Crippen MR) is 126 cm³/mol. The molecule has 0 bridgehead atoms. The van der Waals surface area contributed by atoms with E-state index in [2.05, 4.69) is 58.7 Å². The Bertz CT molecular complexity index is 980. The van der Waals surface area contributed by atoms with Crippen molar-refractivity contribution < 1.29 is 4.79 Å². The Morgan fingerprint density at radius 2 is 1.63 bits per heavy atom. The van der Waals surface area contributed by atoms with Crippen LogP contribution in [0, 0.1) is 6.92 Å². The van der Waals surface area contributed by atoms with Gasteiger partial charge in [-0.3, -0.25) is 9.69 Å². The molecule has 3 aromatic rings. The van der Waals surface area contributed by atoms with Crippen LogP contribution in [0.1, 0.15) is 39.9 Å². The second kappa shape index (κ2) is 9.96. The molecule has 1 amide bonds. The quantitative estimate of drug-likeness (QED) is 0.470. The fourth-order valence-corrected chi connectivity index (χ4v) is 4.66. The van der Waals surface area contributed by atoms with Gasteiger partial charge < -0.3 is 5.32 Å². The van der Waals surface area contributed by atoms with Gasteiger partial charge >= 0.3 is 0 Å². The standard InChI is InChI=1S/C26H28N2OS/c1-20-17-22(19-30-24-7-3-2-4-8-24)11-14-25(20)27-26(29)23-12-9-21(10-13-23)18-28-15-5-6-16-28/h2-4,7-14,17H,5-6,15-16,18-19H2,1H3,(H,27,29). The number of anilines is 1. The molecule has 0 aliphatic carbocycles. The van der Waals surface area contributed by atoms with Gasteiger partial charge in [-0.15, -0.1) is 11.8 Å². The van der Waals surface area contributed by atoms with E-state index in [-0.39, 0.29) is 5.91 Å². The van der Waals surface area contributed by atoms with Gasteiger partial charge in [0, 0.05) is 28.4 Å². The van der Waals surface area contributed by atoms with Crippen LogP contribution in [0.15, 0.2) is 77.7 Å². The van der Waals surface area contributed by atoms with Crippen molar-refractivity contribution in [1.29, 1.82) is 0 Å². The van der Waals surface area contributed by atoms with Crippen LogP contribution < -0.4 is 5.32 Å². The molecule has 1 saturated heterocycles. The summed E-state index contributed by atoms with van der Waals surface area (Å²) >= 11 is 1.82. The van der Waals surface area contributed by atoms with Gasteiger partial charge in [-0.05, 0) is 79.9 Å². The first kappa shape index (κ1) is 20.7. The van der Waals surface area contributed by atoms with Gasteiger partial charge in [0.15, 0.2) is 0 Å². The first-order valence-corrected chi connectivity index (χ1v) is 11.6. The van der Waals surface area contributed by atoms with E-state index in [4.69, 9.17) is 0 Å². The van der Waals surface area contributed by atoms with Crippen LogP contribution >= 0.6 is 11.8 Å². The Balaban J connectivity index is 1.34. The summed E-state index contributed by atoms with van der Waals surface area (Å²) in [4.78, 5) is 16.4. The molecule has 0 saturated carbocycles. The predicted octanol–water partition coefficient (Wildman–Crippen LogP) is 6.14. The molecule has 0 atom stereocenters. The van der Waals surface area contributed by atoms with E-state index in [1.807, 2.05) is 43.0 Å². The van der Waals surface area contributed by atoms with Gasteiger partial charge in [0.1, 0.15) is 0 Å². The van der Waals surface area contributed by atoms with Crippen molar-refractivity contribution >= 4 is 23.4 Å². The lowest BCUT2D eigenvalue weighted by Crippen LogP contribution is -2.18. The molecule has 1 N–H and O–H groups in total. The fourth-order valence-electron chi connectivity index (χ4n) is 3.79. The van der Waals surface area contributed by atoms with Gasteiger partial charge in [-0.1, -0.05) is 42.5 Å². The highest BCUT2D eigenvalue weighted by Gasteiger charge is 2.13. The van der Waals surface area contributed by atoms with E-state index in [0.717, 1.165) is 23.5 Å². The van der Waals surface area contributed by atoms with Crippen molar-refractivity contribution in [3.8, 4) is 0 Å². The number of carbonyl (C=O) groups is 1. The smallest absolute Gasteiger partial charge is 0.255 e. The van der Waals surface area contributed by atoms with Crippen LogP contribution in [0.4, 0.5) is 5.69 Å². The molecule has 0 aromatic heterocycles. The summed E-state index contributed by atoms with van der Waals surface area (Å²) in [6.45, 7) is 5.39. The lowest BCUT2D eigenvalue weighted by molar-refractivity contribution is 0.102. The zero-order chi connectivity index (χ0) is 20.8. The van der Waals surface area contributed by atoms with E-state index >= 15 is 0 Å². The summed E-state index contributed by atoms with van der Waals surface area (Å²) in [7, 11) is 0. The summed E-state index contributed by atoms with van der Waals surface area (Å²) in [5.41, 5.74) is 5.17. The second-order valence-electron chi connectivity index (χ2n) is 7.89. The molecule has 154 valence electrons. The van der Waals surface area contributed by atoms with Crippen molar-refractivity contribution in [1.82, 2.24) is 4.90 Å². The van der Waals surface area contributed by atoms with Gasteiger partial charge in [-0.2, -0.15) is 0 Å². The topological polar surface area (TPSA) is 32.3 Å². The maximum atomic E-state index is 12.7. The largest absolute Gasteiger partial charge is 0.322 e. The average Bonchev–Trinajstić information content (AvgIpc) is 3.28. The summed E-state index contributed by atoms with van der Waals surface area (Å²) in [5, 5.41) is 3.06. The van der Waals surface area contributed by atoms with Crippen molar-refractivity contribution in [2.24, 2.45) is 0 Å². The van der Waals surface area contributed by atoms with Gasteiger partial charge in [0.2, 0.25) is 0 Å². The lowest BCUT2D eigenvalue weighted by Gasteiger charge is -2.15. The Labute approximate surface area is 183 Å². The van der Waals surface area contributed by atoms with Gasteiger partial charge in [0.25, 0.3) is 5.91 Å². The zero-order valence-electron chi connectivity index (χ0n) is 17.4. The Morgan fingerprint density at radius 3 is 2.33 bits per heavy atom. The van der Waals surface area contributed by atoms with Crippen molar-refractivity contribution in [3.05, 3.63) is 95.1 Å². The molecule has 0 unspecified atom stereocenters. The molecule has 1 aliphatic heterocycles. The van der Waals surface area contributed by atoms with E-state index in [0.29, 0.717) is 5.56 Å². The molecule has 1 fully saturated rings. The lowest BCUT2D eigenvalue weighted by atomic mass is 10.1. The van der Waals surface area contributed by atoms with Crippen molar-refractivity contribution in [3.63, 3.8) is 0 Å². The summed E-state index contributed by atoms with van der Waals surface area (Å²) < 4.78 is 0. The average molecular weight is 417 g/mol. The molecule has 3 aromatic carbocycles. The zero-order valence-corrected chi connectivity index (χ0v) is 18.3. The van der Waals surface area contributed by atoms with Crippen LogP contribution in [0.25, 0.3) is 0 Å². The van der Waals surface area contributed by atoms with Crippen LogP contribution in [-0.4, -0.2) is 23.9 Å². The van der Waals surface area contributed by atoms with E-state index < -0.39 is 0 Å². The number of amides is 1. The Hall–Kier alpha value is -2.56. The molecule has 0 spiro atoms. The number of thioether (sulfide) groups is 1. The first-order valence-electron chi connectivity index (χ1n) is 10.6. The number of benzene rings is 3. The molecule has 0 radical (unpaired) electrons. The van der Waals surface area contributed by atoms with Gasteiger partial charge in [-0.25, -0.2) is 0 Å². The van der Waals surface area contributed by atoms with E-state index in [9.17, 15) is 4.79 Å². The minimum absolute atomic E-state index is 0.0581. The number of carbonyl (C=O) groups excluding carboxylic acids is 1. The molecule has 30 heavy (non-hydrogen) atoms. The molecular weight excluding hydrogens is 388 g/mol. The maximum absolute atomic E-state index is 12.7. The number of rotatable bonds is 7. The summed E-state index contributed by atoms with van der Waals surface area (Å²) in [6, 6.07) is 24.7. The minimum atomic E-state index is -0.0581. The Kier molecular flexibility index (Phi) is 6.88. The third-order valence-corrected chi connectivity index (χ3v) is 6.59. The highest BCUT2D eigenvalue weighted by molar-refractivity contribution is 7.98. The molecule has 1 aliphatic rings. The molecule has 4 heteroatoms. The first-order chi connectivity index (χ1) is 14.7. The van der Waals surface area contributed by atoms with Crippen LogP contribution in [0.2, 0.25) is 0 Å². The number of nitrogens with zero attached hydrogens (tertiary/aromatic N) is 1. The van der Waals surface area contributed by atoms with E-state index in [1.165, 1.54) is 42.0 Å². The maximum Gasteiger partial charge on any atom is 0.255 e. The van der Waals surface area contributed by atoms with Crippen molar-refractivity contribution in [2.75, 3.05) is 18.4 Å². The molecule has 1 heterocycles. The van der Waals surface area contributed by atoms with Crippen LogP contribution in [0.3, 0.4) is 0 Å². The number of hydrogen-bond acceptors (Lipinski definition) is 3. The summed E-state index contributed by atoms with van der Waals surface area (Å²) in [5.74, 6) is 0.856. The number of hydrogen-bond donors (Lipinski definition) is 1. The Morgan fingerprint density at radius 1 is 0.933 bits per heavy atom. The fraction of sp³-hybridized carbons (Fsp3) is 0.269. The number of aryl methyl sites for hydroxylation is 1. The van der Waals surface area contributed by atoms with Gasteiger partial charge in [0.05, 0.1) is 0 Å². The van der Waals surface area contributed by atoms with Crippen LogP contribution in [-0.2, 0) is 12.3 Å². The number of nitrogens with one attached hydrogen (secondary N) is 1. The minimum Gasteiger partial charge on any atom is -0.322 e. The molecular formula is C26H28N2OS. The third kappa shape index (κ3) is 5.53. The van der Waals surface area contributed by atoms with Crippen LogP contribution in [0.5, 0.6) is 0 Å². The number of likely N-dealkylation sites (tertiary alicyclic amines) is 1. The molecule has 4 rings (SSSR count). The molecule has 3 nitrogen and oxygen atoms in total. The van der Waals surface area contributed by atoms with E-state index in [1.54, 1.807) is 0 Å².